The van der Waals surface area contributed by atoms with Gasteiger partial charge >= 0.3 is 0 Å². The first kappa shape index (κ1) is 22.5. The van der Waals surface area contributed by atoms with Crippen LogP contribution in [0.2, 0.25) is 0 Å². The Morgan fingerprint density at radius 2 is 1.33 bits per heavy atom. The topological polar surface area (TPSA) is 137 Å². The van der Waals surface area contributed by atoms with Crippen LogP contribution in [0.1, 0.15) is 23.3 Å². The fourth-order valence-corrected chi connectivity index (χ4v) is 2.25. The van der Waals surface area contributed by atoms with E-state index in [0.717, 1.165) is 0 Å². The number of hydrogen-bond acceptors (Lipinski definition) is 8. The number of methoxy groups -OCH3 is 2. The summed E-state index contributed by atoms with van der Waals surface area (Å²) < 4.78 is 9.81. The van der Waals surface area contributed by atoms with Gasteiger partial charge in [-0.3, -0.25) is 0 Å². The Morgan fingerprint density at radius 3 is 1.70 bits per heavy atom. The monoisotopic (exact) mass is 380 g/mol. The molecule has 0 saturated heterocycles. The molecule has 0 bridgehead atoms. The van der Waals surface area contributed by atoms with E-state index in [1.807, 2.05) is 0 Å². The number of likely N-dealkylation sites (N-methyl/N-ethyl adjacent to an activating group) is 1. The zero-order valence-electron chi connectivity index (χ0n) is 15.7. The van der Waals surface area contributed by atoms with Crippen molar-refractivity contribution in [2.45, 2.75) is 12.2 Å². The summed E-state index contributed by atoms with van der Waals surface area (Å²) in [6.07, 6.45) is -1.30. The minimum Gasteiger partial charge on any atom is -0.504 e. The summed E-state index contributed by atoms with van der Waals surface area (Å²) in [5, 5.41) is 40.5. The van der Waals surface area contributed by atoms with E-state index in [1.54, 1.807) is 31.3 Å². The Balaban J connectivity index is 0.000000271. The molecule has 0 aliphatic carbocycles. The van der Waals surface area contributed by atoms with Crippen molar-refractivity contribution >= 4 is 0 Å². The van der Waals surface area contributed by atoms with Gasteiger partial charge in [0.15, 0.2) is 23.0 Å². The standard InChI is InChI=1S/C10H15NO3.C9H13NO3/c1-11-6-9(13)7-3-4-8(12)10(5-7)14-2;1-13-9-4-6(8(12)5-10)2-3-7(9)11/h3-5,9,11-13H,6H2,1-2H3;2-4,8,11-12H,5,10H2,1H3. The molecule has 0 aliphatic heterocycles. The molecule has 0 aliphatic rings. The number of aliphatic hydroxyl groups excluding tert-OH is 2. The summed E-state index contributed by atoms with van der Waals surface area (Å²) in [5.41, 5.74) is 6.63. The van der Waals surface area contributed by atoms with E-state index < -0.39 is 12.2 Å². The second-order valence-corrected chi connectivity index (χ2v) is 5.69. The highest BCUT2D eigenvalue weighted by Crippen LogP contribution is 2.29. The molecule has 0 spiro atoms. The van der Waals surface area contributed by atoms with Crippen LogP contribution in [0.25, 0.3) is 0 Å². The lowest BCUT2D eigenvalue weighted by Gasteiger charge is -2.12. The van der Waals surface area contributed by atoms with Crippen molar-refractivity contribution in [1.82, 2.24) is 5.32 Å². The molecule has 2 rings (SSSR count). The van der Waals surface area contributed by atoms with Crippen LogP contribution in [0, 0.1) is 0 Å². The van der Waals surface area contributed by atoms with Gasteiger partial charge in [-0.1, -0.05) is 12.1 Å². The highest BCUT2D eigenvalue weighted by atomic mass is 16.5. The van der Waals surface area contributed by atoms with Gasteiger partial charge in [-0.05, 0) is 42.4 Å². The summed E-state index contributed by atoms with van der Waals surface area (Å²) in [5.74, 6) is 0.839. The zero-order valence-corrected chi connectivity index (χ0v) is 15.7. The lowest BCUT2D eigenvalue weighted by atomic mass is 10.1. The molecular formula is C19H28N2O6. The van der Waals surface area contributed by atoms with Crippen molar-refractivity contribution in [3.05, 3.63) is 47.5 Å². The highest BCUT2D eigenvalue weighted by Gasteiger charge is 2.10. The number of phenols is 2. The molecule has 8 nitrogen and oxygen atoms in total. The number of benzene rings is 2. The summed E-state index contributed by atoms with van der Waals surface area (Å²) >= 11 is 0. The SMILES string of the molecule is CNCC(O)c1ccc(O)c(OC)c1.COc1cc(C(O)CN)ccc1O. The minimum atomic E-state index is -0.713. The van der Waals surface area contributed by atoms with Gasteiger partial charge in [0.05, 0.1) is 26.4 Å². The lowest BCUT2D eigenvalue weighted by molar-refractivity contribution is 0.177. The number of nitrogens with two attached hydrogens (primary N) is 1. The van der Waals surface area contributed by atoms with E-state index in [4.69, 9.17) is 15.2 Å². The first-order valence-corrected chi connectivity index (χ1v) is 8.32. The number of aromatic hydroxyl groups is 2. The van der Waals surface area contributed by atoms with Gasteiger partial charge in [0.25, 0.3) is 0 Å². The van der Waals surface area contributed by atoms with Crippen LogP contribution in [-0.4, -0.2) is 54.8 Å². The quantitative estimate of drug-likeness (QED) is 0.419. The molecule has 7 N–H and O–H groups in total. The Hall–Kier alpha value is -2.52. The molecule has 150 valence electrons. The van der Waals surface area contributed by atoms with Crippen LogP contribution in [-0.2, 0) is 0 Å². The average molecular weight is 380 g/mol. The third-order valence-corrected chi connectivity index (χ3v) is 3.80. The second kappa shape index (κ2) is 11.2. The molecule has 2 unspecified atom stereocenters. The van der Waals surface area contributed by atoms with Crippen molar-refractivity contribution < 1.29 is 29.9 Å². The summed E-state index contributed by atoms with van der Waals surface area (Å²) in [7, 11) is 4.69. The number of ether oxygens (including phenoxy) is 2. The average Bonchev–Trinajstić information content (AvgIpc) is 2.68. The number of phenolic OH excluding ortho intramolecular Hbond substituents is 2. The van der Waals surface area contributed by atoms with Crippen LogP contribution in [0.3, 0.4) is 0 Å². The summed E-state index contributed by atoms with van der Waals surface area (Å²) in [6.45, 7) is 0.613. The zero-order chi connectivity index (χ0) is 20.4. The Bertz CT molecular complexity index is 711. The van der Waals surface area contributed by atoms with Crippen LogP contribution in [0.4, 0.5) is 0 Å². The van der Waals surface area contributed by atoms with Gasteiger partial charge in [-0.15, -0.1) is 0 Å². The van der Waals surface area contributed by atoms with Crippen LogP contribution in [0.15, 0.2) is 36.4 Å². The molecule has 2 atom stereocenters. The van der Waals surface area contributed by atoms with Crippen molar-refractivity contribution in [1.29, 1.82) is 0 Å². The number of hydrogen-bond donors (Lipinski definition) is 6. The molecular weight excluding hydrogens is 352 g/mol. The van der Waals surface area contributed by atoms with Gasteiger partial charge in [0, 0.05) is 13.1 Å². The molecule has 0 amide bonds. The number of aliphatic hydroxyl groups is 2. The Morgan fingerprint density at radius 1 is 0.889 bits per heavy atom. The van der Waals surface area contributed by atoms with Crippen LogP contribution < -0.4 is 20.5 Å². The van der Waals surface area contributed by atoms with Crippen molar-refractivity contribution in [3.8, 4) is 23.0 Å². The Kier molecular flexibility index (Phi) is 9.38. The van der Waals surface area contributed by atoms with Crippen molar-refractivity contribution in [2.24, 2.45) is 5.73 Å². The van der Waals surface area contributed by atoms with E-state index in [9.17, 15) is 20.4 Å². The number of rotatable bonds is 7. The fourth-order valence-electron chi connectivity index (χ4n) is 2.25. The normalized spacial score (nSPS) is 12.5. The van der Waals surface area contributed by atoms with Gasteiger partial charge in [0.1, 0.15) is 0 Å². The predicted molar refractivity (Wildman–Crippen MR) is 102 cm³/mol. The number of nitrogens with one attached hydrogen (secondary N) is 1. The first-order chi connectivity index (χ1) is 12.9. The van der Waals surface area contributed by atoms with E-state index in [-0.39, 0.29) is 18.0 Å². The van der Waals surface area contributed by atoms with Crippen LogP contribution in [0.5, 0.6) is 23.0 Å². The minimum absolute atomic E-state index is 0.0514. The lowest BCUT2D eigenvalue weighted by Crippen LogP contribution is -2.16. The van der Waals surface area contributed by atoms with Gasteiger partial charge in [0.2, 0.25) is 0 Å². The third kappa shape index (κ3) is 6.61. The highest BCUT2D eigenvalue weighted by molar-refractivity contribution is 5.43. The molecule has 0 aromatic heterocycles. The second-order valence-electron chi connectivity index (χ2n) is 5.69. The molecule has 2 aromatic rings. The van der Waals surface area contributed by atoms with Gasteiger partial charge < -0.3 is 41.0 Å². The maximum Gasteiger partial charge on any atom is 0.160 e. The van der Waals surface area contributed by atoms with E-state index in [0.29, 0.717) is 29.2 Å². The van der Waals surface area contributed by atoms with Crippen molar-refractivity contribution in [2.75, 3.05) is 34.4 Å². The summed E-state index contributed by atoms with van der Waals surface area (Å²) in [6, 6.07) is 9.43. The van der Waals surface area contributed by atoms with E-state index in [2.05, 4.69) is 5.32 Å². The molecule has 0 radical (unpaired) electrons. The van der Waals surface area contributed by atoms with Gasteiger partial charge in [-0.2, -0.15) is 0 Å². The van der Waals surface area contributed by atoms with Crippen molar-refractivity contribution in [3.63, 3.8) is 0 Å². The van der Waals surface area contributed by atoms with E-state index >= 15 is 0 Å². The van der Waals surface area contributed by atoms with Crippen LogP contribution >= 0.6 is 0 Å². The molecule has 2 aromatic carbocycles. The molecule has 0 saturated carbocycles. The molecule has 0 fully saturated rings. The van der Waals surface area contributed by atoms with E-state index in [1.165, 1.54) is 26.4 Å². The molecule has 0 heterocycles. The largest absolute Gasteiger partial charge is 0.504 e. The maximum absolute atomic E-state index is 9.63. The maximum atomic E-state index is 9.63. The first-order valence-electron chi connectivity index (χ1n) is 8.32. The third-order valence-electron chi connectivity index (χ3n) is 3.80. The smallest absolute Gasteiger partial charge is 0.160 e. The Labute approximate surface area is 158 Å². The molecule has 8 heteroatoms. The summed E-state index contributed by atoms with van der Waals surface area (Å²) in [4.78, 5) is 0. The van der Waals surface area contributed by atoms with Gasteiger partial charge in [-0.25, -0.2) is 0 Å². The molecule has 27 heavy (non-hydrogen) atoms. The predicted octanol–water partition coefficient (Wildman–Crippen LogP) is 1.05. The fraction of sp³-hybridized carbons (Fsp3) is 0.368.